The first-order chi connectivity index (χ1) is 19.7. The quantitative estimate of drug-likeness (QED) is 0.233. The predicted octanol–water partition coefficient (Wildman–Crippen LogP) is 9.61. The molecular weight excluding hydrogens is 543 g/mol. The Morgan fingerprint density at radius 3 is 1.26 bits per heavy atom. The van der Waals surface area contributed by atoms with Gasteiger partial charge in [-0.25, -0.2) is 0 Å². The molecule has 0 atom stereocenters. The Bertz CT molecular complexity index is 1540. The van der Waals surface area contributed by atoms with Gasteiger partial charge in [0, 0.05) is 0 Å². The average molecular weight is 597 g/mol. The molecule has 4 aromatic carbocycles. The van der Waals surface area contributed by atoms with E-state index in [1.165, 1.54) is 11.1 Å². The molecule has 0 radical (unpaired) electrons. The van der Waals surface area contributed by atoms with Crippen LogP contribution in [0.1, 0.15) is 105 Å². The summed E-state index contributed by atoms with van der Waals surface area (Å²) in [7, 11) is -4.61. The molecule has 0 aliphatic heterocycles. The van der Waals surface area contributed by atoms with Crippen molar-refractivity contribution in [3.8, 4) is 5.75 Å². The molecule has 3 heteroatoms. The van der Waals surface area contributed by atoms with Gasteiger partial charge in [-0.2, -0.15) is 0 Å². The van der Waals surface area contributed by atoms with Crippen molar-refractivity contribution in [2.24, 2.45) is 0 Å². The van der Waals surface area contributed by atoms with E-state index in [4.69, 9.17) is 4.52 Å². The van der Waals surface area contributed by atoms with Crippen LogP contribution in [0.15, 0.2) is 97.1 Å². The fraction of sp³-hybridized carbons (Fsp3) is 0.400. The standard InChI is InChI=1S/C40H53O2P/c1-37(2,3)29-23-25-35(33(27-29)39(7,8)9)42-43(41,31-19-15-13-16-20-31,32-21-17-14-18-22-32)36-26-24-30(38(4,5)6)28-34(36)40(10,11)12/h13-28,41H,1-12H3. The van der Waals surface area contributed by atoms with Crippen LogP contribution in [0.2, 0.25) is 0 Å². The SMILES string of the molecule is CC(C)(C)c1ccc(OP(O)(c2ccccc2)(c2ccccc2)c2ccc(C(C)(C)C)cc2C(C)(C)C)c(C(C)(C)C)c1. The van der Waals surface area contributed by atoms with Crippen molar-refractivity contribution in [2.45, 2.75) is 105 Å². The van der Waals surface area contributed by atoms with Crippen molar-refractivity contribution in [1.29, 1.82) is 0 Å². The van der Waals surface area contributed by atoms with Crippen LogP contribution in [0.5, 0.6) is 5.75 Å². The normalized spacial score (nSPS) is 14.2. The molecule has 0 unspecified atom stereocenters. The van der Waals surface area contributed by atoms with Gasteiger partial charge in [-0.1, -0.05) is 0 Å². The van der Waals surface area contributed by atoms with E-state index in [0.29, 0.717) is 5.75 Å². The van der Waals surface area contributed by atoms with Gasteiger partial charge in [0.2, 0.25) is 0 Å². The summed E-state index contributed by atoms with van der Waals surface area (Å²) in [6.45, 7) is 26.8. The van der Waals surface area contributed by atoms with E-state index in [1.54, 1.807) is 0 Å². The number of rotatable bonds is 5. The molecule has 4 aromatic rings. The number of hydrogen-bond acceptors (Lipinski definition) is 2. The topological polar surface area (TPSA) is 29.5 Å². The van der Waals surface area contributed by atoms with Gasteiger partial charge in [0.15, 0.2) is 0 Å². The average Bonchev–Trinajstić information content (AvgIpc) is 2.92. The van der Waals surface area contributed by atoms with Crippen LogP contribution in [0.4, 0.5) is 0 Å². The second-order valence-corrected chi connectivity index (χ2v) is 19.9. The predicted molar refractivity (Wildman–Crippen MR) is 189 cm³/mol. The van der Waals surface area contributed by atoms with Gasteiger partial charge in [-0.15, -0.1) is 0 Å². The van der Waals surface area contributed by atoms with Crippen molar-refractivity contribution < 1.29 is 9.42 Å². The first kappa shape index (κ1) is 33.0. The Hall–Kier alpha value is -2.93. The Balaban J connectivity index is 2.23. The van der Waals surface area contributed by atoms with Crippen LogP contribution in [0.3, 0.4) is 0 Å². The Morgan fingerprint density at radius 1 is 0.465 bits per heavy atom. The van der Waals surface area contributed by atoms with E-state index in [1.807, 2.05) is 60.7 Å². The minimum absolute atomic E-state index is 0.0235. The minimum atomic E-state index is -4.61. The van der Waals surface area contributed by atoms with Crippen molar-refractivity contribution >= 4 is 23.0 Å². The molecular formula is C40H53O2P. The third-order valence-electron chi connectivity index (χ3n) is 8.52. The van der Waals surface area contributed by atoms with Gasteiger partial charge in [0.05, 0.1) is 0 Å². The maximum absolute atomic E-state index is 14.2. The van der Waals surface area contributed by atoms with Gasteiger partial charge >= 0.3 is 262 Å². The molecule has 4 rings (SSSR count). The summed E-state index contributed by atoms with van der Waals surface area (Å²) in [5.74, 6) is 0.716. The summed E-state index contributed by atoms with van der Waals surface area (Å²) >= 11 is 0. The first-order valence-electron chi connectivity index (χ1n) is 15.6. The molecule has 0 heterocycles. The van der Waals surface area contributed by atoms with Crippen LogP contribution in [-0.4, -0.2) is 4.89 Å². The summed E-state index contributed by atoms with van der Waals surface area (Å²) in [6.07, 6.45) is 0. The van der Waals surface area contributed by atoms with E-state index >= 15 is 0 Å². The second kappa shape index (κ2) is 10.9. The van der Waals surface area contributed by atoms with Crippen LogP contribution >= 0.6 is 7.06 Å². The van der Waals surface area contributed by atoms with E-state index in [-0.39, 0.29) is 21.7 Å². The van der Waals surface area contributed by atoms with Gasteiger partial charge in [0.1, 0.15) is 0 Å². The fourth-order valence-corrected chi connectivity index (χ4v) is 10.2. The van der Waals surface area contributed by atoms with Gasteiger partial charge in [0.25, 0.3) is 0 Å². The molecule has 1 N–H and O–H groups in total. The van der Waals surface area contributed by atoms with Crippen LogP contribution in [0, 0.1) is 0 Å². The van der Waals surface area contributed by atoms with E-state index in [0.717, 1.165) is 27.0 Å². The molecule has 0 aliphatic rings. The molecule has 0 spiro atoms. The van der Waals surface area contributed by atoms with Crippen molar-refractivity contribution in [1.82, 2.24) is 0 Å². The summed E-state index contributed by atoms with van der Waals surface area (Å²) in [5.41, 5.74) is 4.09. The molecule has 43 heavy (non-hydrogen) atoms. The van der Waals surface area contributed by atoms with E-state index in [2.05, 4.69) is 119 Å². The first-order valence-corrected chi connectivity index (χ1v) is 17.7. The fourth-order valence-electron chi connectivity index (χ4n) is 5.81. The number of hydrogen-bond donors (Lipinski definition) is 1. The van der Waals surface area contributed by atoms with Crippen LogP contribution in [0.25, 0.3) is 0 Å². The van der Waals surface area contributed by atoms with E-state index in [9.17, 15) is 4.89 Å². The van der Waals surface area contributed by atoms with Gasteiger partial charge in [-0.3, -0.25) is 0 Å². The molecule has 2 nitrogen and oxygen atoms in total. The zero-order chi connectivity index (χ0) is 32.1. The molecule has 230 valence electrons. The zero-order valence-corrected chi connectivity index (χ0v) is 29.4. The summed E-state index contributed by atoms with van der Waals surface area (Å²) in [5, 5.41) is 2.42. The summed E-state index contributed by atoms with van der Waals surface area (Å²) in [4.78, 5) is 14.2. The third-order valence-corrected chi connectivity index (χ3v) is 12.9. The van der Waals surface area contributed by atoms with Crippen molar-refractivity contribution in [3.63, 3.8) is 0 Å². The Labute approximate surface area is 261 Å². The Morgan fingerprint density at radius 2 is 0.860 bits per heavy atom. The van der Waals surface area contributed by atoms with Crippen molar-refractivity contribution in [3.05, 3.63) is 119 Å². The molecule has 0 amide bonds. The molecule has 0 aromatic heterocycles. The summed E-state index contributed by atoms with van der Waals surface area (Å²) < 4.78 is 7.52. The van der Waals surface area contributed by atoms with E-state index < -0.39 is 7.06 Å². The molecule has 0 saturated carbocycles. The summed E-state index contributed by atoms with van der Waals surface area (Å²) in [6, 6.07) is 33.3. The number of benzene rings is 4. The van der Waals surface area contributed by atoms with Gasteiger partial charge in [-0.05, 0) is 0 Å². The Kier molecular flexibility index (Phi) is 8.36. The van der Waals surface area contributed by atoms with Crippen LogP contribution in [-0.2, 0) is 21.7 Å². The second-order valence-electron chi connectivity index (χ2n) is 16.2. The monoisotopic (exact) mass is 596 g/mol. The molecule has 0 saturated heterocycles. The van der Waals surface area contributed by atoms with Crippen LogP contribution < -0.4 is 20.4 Å². The zero-order valence-electron chi connectivity index (χ0n) is 28.5. The van der Waals surface area contributed by atoms with Crippen molar-refractivity contribution in [2.75, 3.05) is 0 Å². The maximum atomic E-state index is 14.2. The molecule has 0 aliphatic carbocycles. The third kappa shape index (κ3) is 6.20. The van der Waals surface area contributed by atoms with Gasteiger partial charge < -0.3 is 0 Å². The molecule has 0 fully saturated rings. The molecule has 0 bridgehead atoms.